The summed E-state index contributed by atoms with van der Waals surface area (Å²) in [7, 11) is 0. The molecule has 1 amide bonds. The molecule has 0 aliphatic heterocycles. The van der Waals surface area contributed by atoms with Crippen molar-refractivity contribution >= 4 is 12.2 Å². The third-order valence-corrected chi connectivity index (χ3v) is 2.40. The highest BCUT2D eigenvalue weighted by Crippen LogP contribution is 2.11. The smallest absolute Gasteiger partial charge is 0.407 e. The summed E-state index contributed by atoms with van der Waals surface area (Å²) in [5.41, 5.74) is 0.246. The first-order valence-electron chi connectivity index (χ1n) is 6.65. The van der Waals surface area contributed by atoms with E-state index in [0.717, 1.165) is 5.56 Å². The van der Waals surface area contributed by atoms with E-state index in [-0.39, 0.29) is 5.56 Å². The van der Waals surface area contributed by atoms with Gasteiger partial charge in [-0.15, -0.1) is 0 Å². The van der Waals surface area contributed by atoms with Crippen LogP contribution in [-0.2, 0) is 4.74 Å². The molecule has 21 heavy (non-hydrogen) atoms. The molecule has 0 aliphatic rings. The van der Waals surface area contributed by atoms with Gasteiger partial charge in [0.05, 0.1) is 5.56 Å². The molecule has 0 aliphatic carbocycles. The van der Waals surface area contributed by atoms with Crippen LogP contribution in [0.15, 0.2) is 24.3 Å². The molecule has 0 atom stereocenters. The van der Waals surface area contributed by atoms with Crippen molar-refractivity contribution < 1.29 is 13.9 Å². The number of hydrogen-bond acceptors (Lipinski definition) is 3. The fraction of sp³-hybridized carbons (Fsp3) is 0.375. The quantitative estimate of drug-likeness (QED) is 0.861. The maximum Gasteiger partial charge on any atom is 0.407 e. The normalized spacial score (nSPS) is 11.2. The second kappa shape index (κ2) is 7.44. The Hall–Kier alpha value is -2.35. The highest BCUT2D eigenvalue weighted by atomic mass is 19.1. The summed E-state index contributed by atoms with van der Waals surface area (Å²) < 4.78 is 18.2. The number of carbonyl (C=O) groups is 1. The summed E-state index contributed by atoms with van der Waals surface area (Å²) in [6.45, 7) is 5.84. The number of carbonyl (C=O) groups excluding carboxylic acids is 1. The molecule has 0 aromatic heterocycles. The van der Waals surface area contributed by atoms with Crippen LogP contribution in [0, 0.1) is 17.1 Å². The fourth-order valence-corrected chi connectivity index (χ4v) is 1.52. The standard InChI is InChI=1S/C16H19FN2O2/c1-16(2,3)21-15(20)19-9-5-4-6-12-7-8-14(17)13(10-12)11-18/h4,6-8,10H,5,9H2,1-3H3,(H,19,20). The minimum Gasteiger partial charge on any atom is -0.444 e. The van der Waals surface area contributed by atoms with E-state index in [0.29, 0.717) is 13.0 Å². The lowest BCUT2D eigenvalue weighted by Crippen LogP contribution is -2.32. The van der Waals surface area contributed by atoms with Crippen molar-refractivity contribution in [2.75, 3.05) is 6.54 Å². The van der Waals surface area contributed by atoms with Crippen LogP contribution in [0.25, 0.3) is 6.08 Å². The van der Waals surface area contributed by atoms with Gasteiger partial charge in [0.2, 0.25) is 0 Å². The largest absolute Gasteiger partial charge is 0.444 e. The van der Waals surface area contributed by atoms with Crippen molar-refractivity contribution in [1.29, 1.82) is 5.26 Å². The summed E-state index contributed by atoms with van der Waals surface area (Å²) in [6.07, 6.45) is 3.77. The fourth-order valence-electron chi connectivity index (χ4n) is 1.52. The molecular weight excluding hydrogens is 271 g/mol. The van der Waals surface area contributed by atoms with E-state index >= 15 is 0 Å². The van der Waals surface area contributed by atoms with Crippen LogP contribution >= 0.6 is 0 Å². The van der Waals surface area contributed by atoms with E-state index in [1.807, 2.05) is 6.08 Å². The third-order valence-electron chi connectivity index (χ3n) is 2.40. The Morgan fingerprint density at radius 1 is 1.48 bits per heavy atom. The maximum atomic E-state index is 13.1. The number of nitriles is 1. The molecule has 5 heteroatoms. The Labute approximate surface area is 124 Å². The topological polar surface area (TPSA) is 62.1 Å². The van der Waals surface area contributed by atoms with Gasteiger partial charge in [0.25, 0.3) is 0 Å². The Balaban J connectivity index is 2.39. The number of nitrogens with zero attached hydrogens (tertiary/aromatic N) is 1. The molecule has 0 saturated heterocycles. The molecule has 0 heterocycles. The molecule has 0 fully saturated rings. The number of hydrogen-bond donors (Lipinski definition) is 1. The summed E-state index contributed by atoms with van der Waals surface area (Å²) >= 11 is 0. The molecule has 0 spiro atoms. The monoisotopic (exact) mass is 290 g/mol. The van der Waals surface area contributed by atoms with Crippen molar-refractivity contribution in [1.82, 2.24) is 5.32 Å². The highest BCUT2D eigenvalue weighted by molar-refractivity contribution is 5.67. The lowest BCUT2D eigenvalue weighted by Gasteiger charge is -2.19. The van der Waals surface area contributed by atoms with Crippen LogP contribution in [0.1, 0.15) is 38.3 Å². The van der Waals surface area contributed by atoms with E-state index in [2.05, 4.69) is 5.32 Å². The number of benzene rings is 1. The molecule has 0 bridgehead atoms. The lowest BCUT2D eigenvalue weighted by molar-refractivity contribution is 0.0529. The maximum absolute atomic E-state index is 13.1. The van der Waals surface area contributed by atoms with Gasteiger partial charge in [0.15, 0.2) is 0 Å². The highest BCUT2D eigenvalue weighted by Gasteiger charge is 2.15. The van der Waals surface area contributed by atoms with Gasteiger partial charge in [-0.3, -0.25) is 0 Å². The molecule has 0 saturated carbocycles. The van der Waals surface area contributed by atoms with Crippen LogP contribution in [0.5, 0.6) is 0 Å². The molecule has 1 aromatic carbocycles. The SMILES string of the molecule is CC(C)(C)OC(=O)NCCC=Cc1ccc(F)c(C#N)c1. The molecule has 1 N–H and O–H groups in total. The number of rotatable bonds is 4. The second-order valence-corrected chi connectivity index (χ2v) is 5.47. The van der Waals surface area contributed by atoms with Gasteiger partial charge in [-0.25, -0.2) is 9.18 Å². The van der Waals surface area contributed by atoms with Gasteiger partial charge in [-0.2, -0.15) is 5.26 Å². The van der Waals surface area contributed by atoms with Gasteiger partial charge >= 0.3 is 6.09 Å². The number of amides is 1. The van der Waals surface area contributed by atoms with Crippen molar-refractivity contribution in [3.8, 4) is 6.07 Å². The van der Waals surface area contributed by atoms with Gasteiger partial charge in [-0.1, -0.05) is 18.2 Å². The molecule has 0 unspecified atom stereocenters. The van der Waals surface area contributed by atoms with E-state index in [4.69, 9.17) is 10.00 Å². The van der Waals surface area contributed by atoms with Crippen molar-refractivity contribution in [2.45, 2.75) is 32.8 Å². The Bertz CT molecular complexity index is 569. The van der Waals surface area contributed by atoms with E-state index in [9.17, 15) is 9.18 Å². The number of nitrogens with one attached hydrogen (secondary N) is 1. The van der Waals surface area contributed by atoms with Crippen molar-refractivity contribution in [3.63, 3.8) is 0 Å². The molecule has 112 valence electrons. The number of ether oxygens (including phenoxy) is 1. The zero-order chi connectivity index (χ0) is 15.9. The van der Waals surface area contributed by atoms with Crippen molar-refractivity contribution in [3.05, 3.63) is 41.2 Å². The first-order valence-corrected chi connectivity index (χ1v) is 6.65. The van der Waals surface area contributed by atoms with E-state index in [1.54, 1.807) is 39.0 Å². The van der Waals surface area contributed by atoms with Crippen LogP contribution in [0.4, 0.5) is 9.18 Å². The summed E-state index contributed by atoms with van der Waals surface area (Å²) in [6, 6.07) is 6.12. The van der Waals surface area contributed by atoms with Crippen LogP contribution in [0.3, 0.4) is 0 Å². The van der Waals surface area contributed by atoms with Gasteiger partial charge in [0.1, 0.15) is 17.5 Å². The summed E-state index contributed by atoms with van der Waals surface area (Å²) in [5.74, 6) is -0.527. The van der Waals surface area contributed by atoms with Crippen molar-refractivity contribution in [2.24, 2.45) is 0 Å². The van der Waals surface area contributed by atoms with Gasteiger partial charge < -0.3 is 10.1 Å². The zero-order valence-electron chi connectivity index (χ0n) is 12.4. The average molecular weight is 290 g/mol. The van der Waals surface area contributed by atoms with E-state index in [1.165, 1.54) is 12.1 Å². The average Bonchev–Trinajstić information content (AvgIpc) is 2.38. The molecule has 4 nitrogen and oxygen atoms in total. The second-order valence-electron chi connectivity index (χ2n) is 5.47. The first-order chi connectivity index (χ1) is 9.81. The van der Waals surface area contributed by atoms with Crippen LogP contribution < -0.4 is 5.32 Å². The molecule has 0 radical (unpaired) electrons. The zero-order valence-corrected chi connectivity index (χ0v) is 12.4. The predicted octanol–water partition coefficient (Wildman–Crippen LogP) is 3.63. The molecule has 1 rings (SSSR count). The Kier molecular flexibility index (Phi) is 5.92. The van der Waals surface area contributed by atoms with Crippen LogP contribution in [-0.4, -0.2) is 18.2 Å². The van der Waals surface area contributed by atoms with Crippen LogP contribution in [0.2, 0.25) is 0 Å². The number of alkyl carbamates (subject to hydrolysis) is 1. The Morgan fingerprint density at radius 2 is 2.19 bits per heavy atom. The summed E-state index contributed by atoms with van der Waals surface area (Å²) in [5, 5.41) is 11.4. The third kappa shape index (κ3) is 6.57. The summed E-state index contributed by atoms with van der Waals surface area (Å²) in [4.78, 5) is 11.4. The minimum absolute atomic E-state index is 0.0176. The first kappa shape index (κ1) is 16.7. The Morgan fingerprint density at radius 3 is 2.81 bits per heavy atom. The minimum atomic E-state index is -0.527. The predicted molar refractivity (Wildman–Crippen MR) is 79.0 cm³/mol. The number of halogens is 1. The molecule has 1 aromatic rings. The lowest BCUT2D eigenvalue weighted by atomic mass is 10.1. The van der Waals surface area contributed by atoms with E-state index < -0.39 is 17.5 Å². The van der Waals surface area contributed by atoms with Gasteiger partial charge in [0, 0.05) is 6.54 Å². The molecular formula is C16H19FN2O2. The van der Waals surface area contributed by atoms with Gasteiger partial charge in [-0.05, 0) is 44.9 Å².